The molecule has 3 rings (SSSR count). The maximum absolute atomic E-state index is 13.7. The van der Waals surface area contributed by atoms with Crippen molar-refractivity contribution in [2.24, 2.45) is 5.92 Å². The summed E-state index contributed by atoms with van der Waals surface area (Å²) in [6, 6.07) is 3.08. The van der Waals surface area contributed by atoms with E-state index in [2.05, 4.69) is 12.2 Å². The zero-order valence-electron chi connectivity index (χ0n) is 19.3. The Kier molecular flexibility index (Phi) is 7.67. The Hall–Kier alpha value is -2.32. The van der Waals surface area contributed by atoms with Gasteiger partial charge in [-0.15, -0.1) is 0 Å². The fraction of sp³-hybridized carbons (Fsp3) is 0.583. The number of nitrogens with one attached hydrogen (secondary N) is 1. The minimum absolute atomic E-state index is 0.000492. The molecule has 8 heteroatoms. The lowest BCUT2D eigenvalue weighted by Gasteiger charge is -2.39. The average molecular weight is 449 g/mol. The highest BCUT2D eigenvalue weighted by atomic mass is 19.1. The minimum atomic E-state index is -1.29. The van der Waals surface area contributed by atoms with Crippen molar-refractivity contribution in [1.82, 2.24) is 9.97 Å². The van der Waals surface area contributed by atoms with Crippen LogP contribution in [0.3, 0.4) is 0 Å². The van der Waals surface area contributed by atoms with Crippen LogP contribution in [0.15, 0.2) is 18.2 Å². The zero-order valence-corrected chi connectivity index (χ0v) is 19.3. The van der Waals surface area contributed by atoms with Crippen LogP contribution in [-0.4, -0.2) is 45.9 Å². The summed E-state index contributed by atoms with van der Waals surface area (Å²) in [6.07, 6.45) is 2.37. The van der Waals surface area contributed by atoms with Gasteiger partial charge in [0.15, 0.2) is 0 Å². The molecule has 1 saturated heterocycles. The fourth-order valence-electron chi connectivity index (χ4n) is 4.10. The van der Waals surface area contributed by atoms with Gasteiger partial charge < -0.3 is 20.4 Å². The molecule has 6 nitrogen and oxygen atoms in total. The second kappa shape index (κ2) is 10.1. The molecule has 2 aromatic rings. The zero-order chi connectivity index (χ0) is 23.5. The summed E-state index contributed by atoms with van der Waals surface area (Å²) in [5, 5.41) is 24.2. The Balaban J connectivity index is 1.85. The Morgan fingerprint density at radius 1 is 1.12 bits per heavy atom. The molecule has 32 heavy (non-hydrogen) atoms. The number of aromatic nitrogens is 2. The third-order valence-corrected chi connectivity index (χ3v) is 6.32. The van der Waals surface area contributed by atoms with E-state index in [9.17, 15) is 19.0 Å². The number of hydrogen-bond donors (Lipinski definition) is 3. The van der Waals surface area contributed by atoms with Crippen molar-refractivity contribution in [2.45, 2.75) is 65.0 Å². The summed E-state index contributed by atoms with van der Waals surface area (Å²) in [5.74, 6) is 0.111. The number of aryl methyl sites for hydroxylation is 1. The molecule has 1 fully saturated rings. The lowest BCUT2D eigenvalue weighted by atomic mass is 9.84. The van der Waals surface area contributed by atoms with Gasteiger partial charge in [0.05, 0.1) is 23.9 Å². The first-order chi connectivity index (χ1) is 15.2. The van der Waals surface area contributed by atoms with Gasteiger partial charge in [-0.2, -0.15) is 4.98 Å². The van der Waals surface area contributed by atoms with Gasteiger partial charge in [0.1, 0.15) is 17.5 Å². The van der Waals surface area contributed by atoms with Crippen molar-refractivity contribution >= 4 is 11.8 Å². The molecule has 1 aromatic heterocycles. The first-order valence-electron chi connectivity index (χ1n) is 11.4. The lowest BCUT2D eigenvalue weighted by molar-refractivity contribution is 0.0109. The molecule has 1 atom stereocenters. The molecule has 0 spiro atoms. The quantitative estimate of drug-likeness (QED) is 0.568. The highest BCUT2D eigenvalue weighted by Gasteiger charge is 2.36. The number of benzene rings is 1. The van der Waals surface area contributed by atoms with Crippen molar-refractivity contribution in [1.29, 1.82) is 0 Å². The fourth-order valence-corrected chi connectivity index (χ4v) is 4.10. The Morgan fingerprint density at radius 2 is 1.75 bits per heavy atom. The van der Waals surface area contributed by atoms with Gasteiger partial charge >= 0.3 is 0 Å². The van der Waals surface area contributed by atoms with Gasteiger partial charge in [0.2, 0.25) is 5.95 Å². The van der Waals surface area contributed by atoms with Crippen LogP contribution < -0.4 is 10.2 Å². The number of nitrogens with zero attached hydrogens (tertiary/aromatic N) is 3. The van der Waals surface area contributed by atoms with Crippen LogP contribution >= 0.6 is 0 Å². The Morgan fingerprint density at radius 3 is 2.28 bits per heavy atom. The number of aliphatic hydroxyl groups is 2. The lowest BCUT2D eigenvalue weighted by Crippen LogP contribution is -2.43. The van der Waals surface area contributed by atoms with Crippen LogP contribution in [0.25, 0.3) is 0 Å². The monoisotopic (exact) mass is 448 g/mol. The van der Waals surface area contributed by atoms with Gasteiger partial charge in [-0.05, 0) is 49.8 Å². The molecule has 1 aromatic carbocycles. The summed E-state index contributed by atoms with van der Waals surface area (Å²) in [5.41, 5.74) is 0.889. The maximum atomic E-state index is 13.7. The van der Waals surface area contributed by atoms with E-state index >= 15 is 0 Å². The van der Waals surface area contributed by atoms with E-state index in [0.717, 1.165) is 30.2 Å². The molecule has 0 amide bonds. The highest BCUT2D eigenvalue weighted by molar-refractivity contribution is 5.52. The summed E-state index contributed by atoms with van der Waals surface area (Å²) < 4.78 is 27.4. The van der Waals surface area contributed by atoms with Gasteiger partial charge in [0.25, 0.3) is 0 Å². The van der Waals surface area contributed by atoms with Crippen molar-refractivity contribution in [3.05, 3.63) is 46.7 Å². The molecule has 3 N–H and O–H groups in total. The number of rotatable bonds is 8. The van der Waals surface area contributed by atoms with Crippen molar-refractivity contribution in [2.75, 3.05) is 29.9 Å². The van der Waals surface area contributed by atoms with Crippen molar-refractivity contribution in [3.8, 4) is 0 Å². The molecular weight excluding hydrogens is 414 g/mol. The van der Waals surface area contributed by atoms with E-state index in [1.165, 1.54) is 12.1 Å². The van der Waals surface area contributed by atoms with E-state index in [4.69, 9.17) is 9.97 Å². The molecule has 0 bridgehead atoms. The predicted molar refractivity (Wildman–Crippen MR) is 122 cm³/mol. The van der Waals surface area contributed by atoms with Crippen LogP contribution in [-0.2, 0) is 12.0 Å². The van der Waals surface area contributed by atoms with Crippen molar-refractivity contribution < 1.29 is 19.0 Å². The molecule has 0 saturated carbocycles. The summed E-state index contributed by atoms with van der Waals surface area (Å²) in [7, 11) is 0. The summed E-state index contributed by atoms with van der Waals surface area (Å²) in [6.45, 7) is 9.07. The third kappa shape index (κ3) is 5.35. The first-order valence-corrected chi connectivity index (χ1v) is 11.4. The Labute approximate surface area is 188 Å². The molecule has 1 aliphatic heterocycles. The predicted octanol–water partition coefficient (Wildman–Crippen LogP) is 3.93. The minimum Gasteiger partial charge on any atom is -0.394 e. The van der Waals surface area contributed by atoms with E-state index in [1.54, 1.807) is 0 Å². The smallest absolute Gasteiger partial charge is 0.227 e. The van der Waals surface area contributed by atoms with Crippen LogP contribution in [0.2, 0.25) is 0 Å². The SMILES string of the molecule is CCCc1nc(N2CCC(O)(c3cc(F)cc(F)c3)CC2)nc(N[C@@H](CO)C(C)C)c1C. The number of aliphatic hydroxyl groups excluding tert-OH is 1. The van der Waals surface area contributed by atoms with E-state index in [-0.39, 0.29) is 24.1 Å². The van der Waals surface area contributed by atoms with Gasteiger partial charge in [-0.1, -0.05) is 27.2 Å². The molecule has 0 unspecified atom stereocenters. The number of anilines is 2. The maximum Gasteiger partial charge on any atom is 0.227 e. The first kappa shape index (κ1) is 24.3. The van der Waals surface area contributed by atoms with Gasteiger partial charge in [-0.25, -0.2) is 13.8 Å². The topological polar surface area (TPSA) is 81.5 Å². The van der Waals surface area contributed by atoms with Crippen LogP contribution in [0.1, 0.15) is 56.9 Å². The normalized spacial score (nSPS) is 17.0. The van der Waals surface area contributed by atoms with E-state index in [0.29, 0.717) is 37.7 Å². The molecule has 2 heterocycles. The average Bonchev–Trinajstić information content (AvgIpc) is 2.74. The Bertz CT molecular complexity index is 910. The van der Waals surface area contributed by atoms with Gasteiger partial charge in [0, 0.05) is 24.7 Å². The van der Waals surface area contributed by atoms with Gasteiger partial charge in [-0.3, -0.25) is 0 Å². The molecular formula is C24H34F2N4O2. The summed E-state index contributed by atoms with van der Waals surface area (Å²) >= 11 is 0. The van der Waals surface area contributed by atoms with E-state index < -0.39 is 17.2 Å². The van der Waals surface area contributed by atoms with Crippen LogP contribution in [0.4, 0.5) is 20.5 Å². The summed E-state index contributed by atoms with van der Waals surface area (Å²) in [4.78, 5) is 11.5. The molecule has 0 aliphatic carbocycles. The number of halogens is 2. The standard InChI is InChI=1S/C24H34F2N4O2/c1-5-6-20-16(4)22(27-21(14-31)15(2)3)29-23(28-20)30-9-7-24(32,8-10-30)17-11-18(25)13-19(26)12-17/h11-13,15,21,31-32H,5-10,14H2,1-4H3,(H,27,28,29)/t21-/m0/s1. The van der Waals surface area contributed by atoms with Crippen molar-refractivity contribution in [3.63, 3.8) is 0 Å². The molecule has 176 valence electrons. The number of hydrogen-bond acceptors (Lipinski definition) is 6. The highest BCUT2D eigenvalue weighted by Crippen LogP contribution is 2.35. The van der Waals surface area contributed by atoms with Crippen LogP contribution in [0.5, 0.6) is 0 Å². The largest absolute Gasteiger partial charge is 0.394 e. The number of piperidine rings is 1. The second-order valence-corrected chi connectivity index (χ2v) is 9.05. The molecule has 1 aliphatic rings. The third-order valence-electron chi connectivity index (χ3n) is 6.32. The second-order valence-electron chi connectivity index (χ2n) is 9.05. The molecule has 0 radical (unpaired) electrons. The van der Waals surface area contributed by atoms with E-state index in [1.807, 2.05) is 25.7 Å². The van der Waals surface area contributed by atoms with Crippen LogP contribution in [0, 0.1) is 24.5 Å².